The quantitative estimate of drug-likeness (QED) is 0.715. The second-order valence-corrected chi connectivity index (χ2v) is 9.85. The number of anilines is 1. The zero-order valence-corrected chi connectivity index (χ0v) is 18.9. The van der Waals surface area contributed by atoms with Gasteiger partial charge in [0, 0.05) is 25.1 Å². The number of benzene rings is 2. The molecular formula is C23H29N3O4S. The molecule has 2 amide bonds. The first-order valence-corrected chi connectivity index (χ1v) is 12.0. The van der Waals surface area contributed by atoms with Gasteiger partial charge < -0.3 is 10.2 Å². The number of carbonyl (C=O) groups excluding carboxylic acids is 2. The molecule has 1 aliphatic rings. The van der Waals surface area contributed by atoms with Crippen LogP contribution in [0.4, 0.5) is 5.69 Å². The molecule has 0 saturated carbocycles. The minimum absolute atomic E-state index is 0.00506. The van der Waals surface area contributed by atoms with E-state index in [2.05, 4.69) is 5.32 Å². The van der Waals surface area contributed by atoms with Crippen LogP contribution in [0.3, 0.4) is 0 Å². The van der Waals surface area contributed by atoms with Gasteiger partial charge in [0.05, 0.1) is 4.90 Å². The molecule has 8 heteroatoms. The van der Waals surface area contributed by atoms with Crippen LogP contribution in [-0.4, -0.2) is 31.2 Å². The van der Waals surface area contributed by atoms with Crippen molar-refractivity contribution in [3.05, 3.63) is 59.2 Å². The highest BCUT2D eigenvalue weighted by Crippen LogP contribution is 2.27. The van der Waals surface area contributed by atoms with E-state index in [1.54, 1.807) is 17.0 Å². The van der Waals surface area contributed by atoms with Crippen LogP contribution in [0.1, 0.15) is 43.9 Å². The molecule has 0 radical (unpaired) electrons. The second-order valence-electron chi connectivity index (χ2n) is 8.32. The van der Waals surface area contributed by atoms with Crippen molar-refractivity contribution < 1.29 is 18.0 Å². The lowest BCUT2D eigenvalue weighted by molar-refractivity contribution is -0.140. The Morgan fingerprint density at radius 3 is 2.45 bits per heavy atom. The van der Waals surface area contributed by atoms with E-state index in [0.29, 0.717) is 37.1 Å². The molecule has 0 bridgehead atoms. The Bertz CT molecular complexity index is 1100. The number of nitrogens with two attached hydrogens (primary N) is 1. The zero-order valence-electron chi connectivity index (χ0n) is 18.1. The summed E-state index contributed by atoms with van der Waals surface area (Å²) in [6.07, 6.45) is 1.25. The summed E-state index contributed by atoms with van der Waals surface area (Å²) >= 11 is 0. The van der Waals surface area contributed by atoms with E-state index in [9.17, 15) is 18.0 Å². The third-order valence-corrected chi connectivity index (χ3v) is 6.47. The molecule has 0 aliphatic carbocycles. The van der Waals surface area contributed by atoms with Crippen molar-refractivity contribution in [1.29, 1.82) is 0 Å². The minimum Gasteiger partial charge on any atom is -0.326 e. The van der Waals surface area contributed by atoms with Crippen LogP contribution >= 0.6 is 0 Å². The number of sulfonamides is 1. The highest BCUT2D eigenvalue weighted by atomic mass is 32.2. The summed E-state index contributed by atoms with van der Waals surface area (Å²) in [6.45, 7) is 6.14. The summed E-state index contributed by atoms with van der Waals surface area (Å²) in [5, 5.41) is 8.14. The molecule has 0 fully saturated rings. The van der Waals surface area contributed by atoms with Crippen LogP contribution in [0.2, 0.25) is 0 Å². The summed E-state index contributed by atoms with van der Waals surface area (Å²) in [4.78, 5) is 27.7. The van der Waals surface area contributed by atoms with E-state index < -0.39 is 16.1 Å². The third-order valence-electron chi connectivity index (χ3n) is 5.48. The van der Waals surface area contributed by atoms with Gasteiger partial charge in [-0.2, -0.15) is 0 Å². The van der Waals surface area contributed by atoms with Crippen molar-refractivity contribution in [2.45, 2.75) is 57.5 Å². The number of rotatable bonds is 6. The molecule has 0 spiro atoms. The Balaban J connectivity index is 1.90. The molecule has 166 valence electrons. The number of carbonyl (C=O) groups is 2. The number of aryl methyl sites for hydroxylation is 1. The fourth-order valence-corrected chi connectivity index (χ4v) is 4.77. The smallest absolute Gasteiger partial charge is 0.247 e. The van der Waals surface area contributed by atoms with E-state index in [1.165, 1.54) is 6.07 Å². The Morgan fingerprint density at radius 2 is 1.84 bits per heavy atom. The van der Waals surface area contributed by atoms with Crippen LogP contribution in [0, 0.1) is 5.92 Å². The van der Waals surface area contributed by atoms with Gasteiger partial charge in [-0.1, -0.05) is 51.1 Å². The molecule has 1 atom stereocenters. The fourth-order valence-electron chi connectivity index (χ4n) is 3.90. The van der Waals surface area contributed by atoms with Gasteiger partial charge >= 0.3 is 0 Å². The Morgan fingerprint density at radius 1 is 1.16 bits per heavy atom. The van der Waals surface area contributed by atoms with Crippen molar-refractivity contribution in [2.75, 3.05) is 5.32 Å². The average Bonchev–Trinajstić information content (AvgIpc) is 2.71. The maximum absolute atomic E-state index is 13.2. The number of hydrogen-bond acceptors (Lipinski definition) is 4. The Kier molecular flexibility index (Phi) is 6.81. The summed E-state index contributed by atoms with van der Waals surface area (Å²) in [5.41, 5.74) is 2.98. The number of primary sulfonamides is 1. The zero-order chi connectivity index (χ0) is 22.8. The predicted molar refractivity (Wildman–Crippen MR) is 120 cm³/mol. The van der Waals surface area contributed by atoms with Gasteiger partial charge in [-0.15, -0.1) is 0 Å². The lowest BCUT2D eigenvalue weighted by atomic mass is 9.92. The van der Waals surface area contributed by atoms with E-state index in [-0.39, 0.29) is 22.6 Å². The van der Waals surface area contributed by atoms with Crippen LogP contribution in [-0.2, 0) is 39.0 Å². The number of nitrogens with zero attached hydrogens (tertiary/aromatic N) is 1. The van der Waals surface area contributed by atoms with Crippen molar-refractivity contribution in [2.24, 2.45) is 11.1 Å². The molecule has 0 saturated heterocycles. The molecule has 1 heterocycles. The first kappa shape index (κ1) is 23.0. The van der Waals surface area contributed by atoms with Crippen LogP contribution in [0.25, 0.3) is 0 Å². The second kappa shape index (κ2) is 9.20. The van der Waals surface area contributed by atoms with E-state index >= 15 is 0 Å². The first-order chi connectivity index (χ1) is 14.6. The van der Waals surface area contributed by atoms with E-state index in [0.717, 1.165) is 11.1 Å². The molecule has 0 aromatic heterocycles. The van der Waals surface area contributed by atoms with Crippen molar-refractivity contribution in [1.82, 2.24) is 4.90 Å². The molecule has 1 aliphatic heterocycles. The standard InChI is InChI=1S/C23H29N3O4S/c1-4-16-9-10-19(13-21(16)31(24,29)30)25-23(28)20-12-17-7-5-6-8-18(17)14-26(20)22(27)11-15(2)3/h5-10,13,15,20H,4,11-12,14H2,1-3H3,(H,25,28)(H2,24,29,30). The maximum Gasteiger partial charge on any atom is 0.247 e. The molecule has 31 heavy (non-hydrogen) atoms. The van der Waals surface area contributed by atoms with Crippen molar-refractivity contribution in [3.8, 4) is 0 Å². The Hall–Kier alpha value is -2.71. The van der Waals surface area contributed by atoms with Crippen molar-refractivity contribution in [3.63, 3.8) is 0 Å². The highest BCUT2D eigenvalue weighted by molar-refractivity contribution is 7.89. The lowest BCUT2D eigenvalue weighted by Gasteiger charge is -2.36. The fraction of sp³-hybridized carbons (Fsp3) is 0.391. The van der Waals surface area contributed by atoms with Crippen LogP contribution in [0.5, 0.6) is 0 Å². The van der Waals surface area contributed by atoms with E-state index in [1.807, 2.05) is 45.0 Å². The molecule has 2 aromatic rings. The van der Waals surface area contributed by atoms with Gasteiger partial charge in [0.2, 0.25) is 21.8 Å². The molecule has 1 unspecified atom stereocenters. The van der Waals surface area contributed by atoms with E-state index in [4.69, 9.17) is 5.14 Å². The lowest BCUT2D eigenvalue weighted by Crippen LogP contribution is -2.50. The molecule has 2 aromatic carbocycles. The largest absolute Gasteiger partial charge is 0.326 e. The minimum atomic E-state index is -3.92. The van der Waals surface area contributed by atoms with Gasteiger partial charge in [0.15, 0.2) is 0 Å². The van der Waals surface area contributed by atoms with Gasteiger partial charge in [-0.3, -0.25) is 9.59 Å². The SMILES string of the molecule is CCc1ccc(NC(=O)C2Cc3ccccc3CN2C(=O)CC(C)C)cc1S(N)(=O)=O. The number of amides is 2. The topological polar surface area (TPSA) is 110 Å². The number of hydrogen-bond donors (Lipinski definition) is 2. The summed E-state index contributed by atoms with van der Waals surface area (Å²) in [7, 11) is -3.92. The number of nitrogens with one attached hydrogen (secondary N) is 1. The maximum atomic E-state index is 13.2. The Labute approximate surface area is 183 Å². The van der Waals surface area contributed by atoms with Gasteiger partial charge in [-0.05, 0) is 41.2 Å². The molecule has 7 nitrogen and oxygen atoms in total. The highest BCUT2D eigenvalue weighted by Gasteiger charge is 2.34. The van der Waals surface area contributed by atoms with Crippen molar-refractivity contribution >= 4 is 27.5 Å². The summed E-state index contributed by atoms with van der Waals surface area (Å²) in [6, 6.07) is 11.8. The summed E-state index contributed by atoms with van der Waals surface area (Å²) < 4.78 is 23.9. The van der Waals surface area contributed by atoms with Gasteiger partial charge in [0.25, 0.3) is 0 Å². The average molecular weight is 444 g/mol. The summed E-state index contributed by atoms with van der Waals surface area (Å²) in [5.74, 6) is -0.250. The number of fused-ring (bicyclic) bond motifs is 1. The molecule has 3 rings (SSSR count). The van der Waals surface area contributed by atoms with Gasteiger partial charge in [-0.25, -0.2) is 13.6 Å². The van der Waals surface area contributed by atoms with Crippen LogP contribution in [0.15, 0.2) is 47.4 Å². The first-order valence-electron chi connectivity index (χ1n) is 10.4. The normalized spacial score (nSPS) is 16.2. The third kappa shape index (κ3) is 5.32. The van der Waals surface area contributed by atoms with Crippen LogP contribution < -0.4 is 10.5 Å². The monoisotopic (exact) mass is 443 g/mol. The molecular weight excluding hydrogens is 414 g/mol. The molecule has 3 N–H and O–H groups in total. The predicted octanol–water partition coefficient (Wildman–Crippen LogP) is 2.83. The van der Waals surface area contributed by atoms with Gasteiger partial charge in [0.1, 0.15) is 6.04 Å².